The van der Waals surface area contributed by atoms with E-state index in [2.05, 4.69) is 36.1 Å². The van der Waals surface area contributed by atoms with Gasteiger partial charge >= 0.3 is 5.97 Å². The van der Waals surface area contributed by atoms with Gasteiger partial charge in [0.05, 0.1) is 11.8 Å². The Labute approximate surface area is 161 Å². The van der Waals surface area contributed by atoms with Crippen LogP contribution in [-0.2, 0) is 16.1 Å². The van der Waals surface area contributed by atoms with E-state index in [1.807, 2.05) is 0 Å². The highest BCUT2D eigenvalue weighted by atomic mass is 16.4. The molecule has 0 unspecified atom stereocenters. The number of benzene rings is 1. The molecule has 4 rings (SSSR count). The zero-order valence-corrected chi connectivity index (χ0v) is 16.3. The maximum Gasteiger partial charge on any atom is 0.307 e. The van der Waals surface area contributed by atoms with Crippen molar-refractivity contribution in [3.05, 3.63) is 35.4 Å². The van der Waals surface area contributed by atoms with E-state index in [0.717, 1.165) is 38.5 Å². The molecule has 4 heteroatoms. The average molecular weight is 370 g/mol. The van der Waals surface area contributed by atoms with E-state index in [1.54, 1.807) is 0 Å². The van der Waals surface area contributed by atoms with E-state index in [-0.39, 0.29) is 17.4 Å². The van der Waals surface area contributed by atoms with Gasteiger partial charge < -0.3 is 10.0 Å². The SMILES string of the molecule is C[C@@H]1CC2(CCCC2)N(C(=O)[C@@H]2CCCC[C@@H]2C(=O)O)Cc2ccccc21. The molecule has 1 spiro atoms. The Bertz CT molecular complexity index is 722. The number of amides is 1. The maximum absolute atomic E-state index is 13.8. The van der Waals surface area contributed by atoms with E-state index in [0.29, 0.717) is 18.9 Å². The molecule has 1 aliphatic heterocycles. The summed E-state index contributed by atoms with van der Waals surface area (Å²) in [5, 5.41) is 9.70. The first kappa shape index (κ1) is 18.5. The normalized spacial score (nSPS) is 30.0. The molecule has 0 radical (unpaired) electrons. The molecule has 1 aromatic carbocycles. The van der Waals surface area contributed by atoms with Gasteiger partial charge in [-0.2, -0.15) is 0 Å². The molecular formula is C23H31NO3. The summed E-state index contributed by atoms with van der Waals surface area (Å²) in [7, 11) is 0. The monoisotopic (exact) mass is 369 g/mol. The molecule has 3 atom stereocenters. The van der Waals surface area contributed by atoms with Gasteiger partial charge in [-0.25, -0.2) is 0 Å². The van der Waals surface area contributed by atoms with Crippen LogP contribution in [0, 0.1) is 11.8 Å². The second-order valence-corrected chi connectivity index (χ2v) is 9.00. The predicted molar refractivity (Wildman–Crippen MR) is 104 cm³/mol. The highest BCUT2D eigenvalue weighted by Gasteiger charge is 2.48. The minimum atomic E-state index is -0.794. The Morgan fingerprint density at radius 3 is 2.41 bits per heavy atom. The second kappa shape index (κ2) is 7.29. The van der Waals surface area contributed by atoms with Crippen LogP contribution in [-0.4, -0.2) is 27.4 Å². The fourth-order valence-corrected chi connectivity index (χ4v) is 6.03. The summed E-state index contributed by atoms with van der Waals surface area (Å²) in [5.41, 5.74) is 2.51. The van der Waals surface area contributed by atoms with Crippen LogP contribution in [0.4, 0.5) is 0 Å². The van der Waals surface area contributed by atoms with E-state index in [4.69, 9.17) is 0 Å². The predicted octanol–water partition coefficient (Wildman–Crippen LogP) is 4.73. The first-order valence-electron chi connectivity index (χ1n) is 10.6. The van der Waals surface area contributed by atoms with Gasteiger partial charge in [0.25, 0.3) is 0 Å². The van der Waals surface area contributed by atoms with E-state index in [1.165, 1.54) is 24.0 Å². The van der Waals surface area contributed by atoms with Gasteiger partial charge in [0.2, 0.25) is 5.91 Å². The zero-order chi connectivity index (χ0) is 19.0. The Kier molecular flexibility index (Phi) is 5.00. The standard InChI is InChI=1S/C23H31NO3/c1-16-14-23(12-6-7-13-23)24(15-17-8-2-3-9-18(16)17)21(25)19-10-4-5-11-20(19)22(26)27/h2-3,8-9,16,19-20H,4-7,10-15H2,1H3,(H,26,27)/t16-,19-,20+/m1/s1. The van der Waals surface area contributed by atoms with Crippen molar-refractivity contribution in [1.82, 2.24) is 4.90 Å². The molecule has 1 heterocycles. The largest absolute Gasteiger partial charge is 0.481 e. The fourth-order valence-electron chi connectivity index (χ4n) is 6.03. The van der Waals surface area contributed by atoms with Crippen LogP contribution < -0.4 is 0 Å². The van der Waals surface area contributed by atoms with Crippen LogP contribution in [0.3, 0.4) is 0 Å². The van der Waals surface area contributed by atoms with Crippen LogP contribution in [0.25, 0.3) is 0 Å². The van der Waals surface area contributed by atoms with Gasteiger partial charge in [-0.1, -0.05) is 56.9 Å². The van der Waals surface area contributed by atoms with Crippen molar-refractivity contribution in [3.63, 3.8) is 0 Å². The molecule has 1 aromatic rings. The van der Waals surface area contributed by atoms with Crippen molar-refractivity contribution in [1.29, 1.82) is 0 Å². The highest BCUT2D eigenvalue weighted by Crippen LogP contribution is 2.47. The number of carbonyl (C=O) groups is 2. The van der Waals surface area contributed by atoms with Crippen LogP contribution >= 0.6 is 0 Å². The lowest BCUT2D eigenvalue weighted by atomic mass is 9.77. The first-order chi connectivity index (χ1) is 13.0. The highest BCUT2D eigenvalue weighted by molar-refractivity contribution is 5.85. The van der Waals surface area contributed by atoms with E-state index < -0.39 is 11.9 Å². The van der Waals surface area contributed by atoms with Crippen LogP contribution in [0.15, 0.2) is 24.3 Å². The lowest BCUT2D eigenvalue weighted by molar-refractivity contribution is -0.156. The third-order valence-corrected chi connectivity index (χ3v) is 7.37. The number of hydrogen-bond acceptors (Lipinski definition) is 2. The number of nitrogens with zero attached hydrogens (tertiary/aromatic N) is 1. The molecule has 146 valence electrons. The Balaban J connectivity index is 1.71. The summed E-state index contributed by atoms with van der Waals surface area (Å²) in [5.74, 6) is -1.13. The Morgan fingerprint density at radius 2 is 1.70 bits per heavy atom. The van der Waals surface area contributed by atoms with Gasteiger partial charge in [-0.3, -0.25) is 9.59 Å². The smallest absolute Gasteiger partial charge is 0.307 e. The molecule has 4 nitrogen and oxygen atoms in total. The summed E-state index contributed by atoms with van der Waals surface area (Å²) in [6.45, 7) is 2.93. The lowest BCUT2D eigenvalue weighted by Crippen LogP contribution is -2.53. The average Bonchev–Trinajstić information content (AvgIpc) is 3.10. The van der Waals surface area contributed by atoms with Crippen molar-refractivity contribution in [2.24, 2.45) is 11.8 Å². The van der Waals surface area contributed by atoms with Crippen LogP contribution in [0.2, 0.25) is 0 Å². The number of carbonyl (C=O) groups excluding carboxylic acids is 1. The maximum atomic E-state index is 13.8. The third kappa shape index (κ3) is 3.28. The summed E-state index contributed by atoms with van der Waals surface area (Å²) >= 11 is 0. The quantitative estimate of drug-likeness (QED) is 0.820. The van der Waals surface area contributed by atoms with Crippen molar-refractivity contribution in [2.45, 2.75) is 82.7 Å². The summed E-state index contributed by atoms with van der Waals surface area (Å²) < 4.78 is 0. The number of fused-ring (bicyclic) bond motifs is 1. The molecule has 2 saturated carbocycles. The molecule has 1 amide bonds. The molecular weight excluding hydrogens is 338 g/mol. The second-order valence-electron chi connectivity index (χ2n) is 9.00. The van der Waals surface area contributed by atoms with Gasteiger partial charge in [0.15, 0.2) is 0 Å². The van der Waals surface area contributed by atoms with E-state index in [9.17, 15) is 14.7 Å². The minimum Gasteiger partial charge on any atom is -0.481 e. The van der Waals surface area contributed by atoms with E-state index >= 15 is 0 Å². The van der Waals surface area contributed by atoms with Crippen molar-refractivity contribution >= 4 is 11.9 Å². The van der Waals surface area contributed by atoms with Gasteiger partial charge in [0.1, 0.15) is 0 Å². The lowest BCUT2D eigenvalue weighted by Gasteiger charge is -2.44. The van der Waals surface area contributed by atoms with Crippen molar-refractivity contribution < 1.29 is 14.7 Å². The fraction of sp³-hybridized carbons (Fsp3) is 0.652. The number of aliphatic carboxylic acids is 1. The summed E-state index contributed by atoms with van der Waals surface area (Å²) in [6.07, 6.45) is 8.70. The number of hydrogen-bond donors (Lipinski definition) is 1. The molecule has 2 fully saturated rings. The van der Waals surface area contributed by atoms with Crippen LogP contribution in [0.1, 0.15) is 81.8 Å². The Morgan fingerprint density at radius 1 is 1.04 bits per heavy atom. The zero-order valence-electron chi connectivity index (χ0n) is 16.3. The molecule has 0 aromatic heterocycles. The summed E-state index contributed by atoms with van der Waals surface area (Å²) in [6, 6.07) is 8.50. The van der Waals surface area contributed by atoms with Gasteiger partial charge in [0, 0.05) is 12.1 Å². The molecule has 27 heavy (non-hydrogen) atoms. The first-order valence-corrected chi connectivity index (χ1v) is 10.6. The van der Waals surface area contributed by atoms with Gasteiger partial charge in [-0.15, -0.1) is 0 Å². The molecule has 0 bridgehead atoms. The number of carboxylic acids is 1. The van der Waals surface area contributed by atoms with Gasteiger partial charge in [-0.05, 0) is 49.1 Å². The summed E-state index contributed by atoms with van der Waals surface area (Å²) in [4.78, 5) is 27.7. The number of rotatable bonds is 2. The van der Waals surface area contributed by atoms with Crippen LogP contribution in [0.5, 0.6) is 0 Å². The topological polar surface area (TPSA) is 57.6 Å². The third-order valence-electron chi connectivity index (χ3n) is 7.37. The molecule has 0 saturated heterocycles. The molecule has 2 aliphatic carbocycles. The molecule has 1 N–H and O–H groups in total. The minimum absolute atomic E-state index is 0.0873. The van der Waals surface area contributed by atoms with Crippen molar-refractivity contribution in [3.8, 4) is 0 Å². The van der Waals surface area contributed by atoms with Crippen molar-refractivity contribution in [2.75, 3.05) is 0 Å². The molecule has 3 aliphatic rings. The Hall–Kier alpha value is -1.84. The number of carboxylic acid groups (broad SMARTS) is 1.